The summed E-state index contributed by atoms with van der Waals surface area (Å²) in [6, 6.07) is 4.15. The third-order valence-corrected chi connectivity index (χ3v) is 2.84. The van der Waals surface area contributed by atoms with E-state index in [-0.39, 0.29) is 29.8 Å². The van der Waals surface area contributed by atoms with Crippen molar-refractivity contribution >= 4 is 11.6 Å². The number of nitrogens with one attached hydrogen (secondary N) is 1. The second-order valence-corrected chi connectivity index (χ2v) is 4.41. The average molecular weight is 266 g/mol. The summed E-state index contributed by atoms with van der Waals surface area (Å²) in [6.07, 6.45) is 1.16. The van der Waals surface area contributed by atoms with Crippen LogP contribution in [0, 0.1) is 17.0 Å². The Labute approximate surface area is 111 Å². The highest BCUT2D eigenvalue weighted by molar-refractivity contribution is 5.95. The van der Waals surface area contributed by atoms with E-state index in [1.165, 1.54) is 12.1 Å². The van der Waals surface area contributed by atoms with Crippen molar-refractivity contribution in [2.24, 2.45) is 0 Å². The molecule has 0 fully saturated rings. The third kappa shape index (κ3) is 4.33. The standard InChI is InChI=1S/C13H18N2O4/c1-3-11(4-5-16)14-13(17)10-6-9(2)7-12(8-10)15(18)19/h6-8,11,16H,3-5H2,1-2H3,(H,14,17). The fourth-order valence-electron chi connectivity index (χ4n) is 1.80. The minimum atomic E-state index is -0.519. The molecule has 1 aromatic rings. The number of carbonyl (C=O) groups is 1. The lowest BCUT2D eigenvalue weighted by atomic mass is 10.1. The van der Waals surface area contributed by atoms with E-state index in [1.54, 1.807) is 13.0 Å². The predicted octanol–water partition coefficient (Wildman–Crippen LogP) is 1.79. The van der Waals surface area contributed by atoms with Crippen molar-refractivity contribution in [1.29, 1.82) is 0 Å². The summed E-state index contributed by atoms with van der Waals surface area (Å²) < 4.78 is 0. The van der Waals surface area contributed by atoms with Crippen LogP contribution in [0.25, 0.3) is 0 Å². The number of aryl methyl sites for hydroxylation is 1. The van der Waals surface area contributed by atoms with E-state index in [0.29, 0.717) is 18.4 Å². The first-order chi connectivity index (χ1) is 8.97. The molecule has 6 nitrogen and oxygen atoms in total. The number of hydrogen-bond donors (Lipinski definition) is 2. The van der Waals surface area contributed by atoms with Crippen LogP contribution in [0.1, 0.15) is 35.7 Å². The molecule has 0 saturated carbocycles. The molecule has 1 unspecified atom stereocenters. The van der Waals surface area contributed by atoms with Crippen LogP contribution in [0.15, 0.2) is 18.2 Å². The van der Waals surface area contributed by atoms with E-state index < -0.39 is 4.92 Å². The number of nitro groups is 1. The smallest absolute Gasteiger partial charge is 0.270 e. The molecule has 104 valence electrons. The zero-order valence-electron chi connectivity index (χ0n) is 11.0. The number of amides is 1. The van der Waals surface area contributed by atoms with Gasteiger partial charge in [0.2, 0.25) is 0 Å². The minimum Gasteiger partial charge on any atom is -0.396 e. The third-order valence-electron chi connectivity index (χ3n) is 2.84. The highest BCUT2D eigenvalue weighted by Gasteiger charge is 2.15. The molecular formula is C13H18N2O4. The molecule has 0 aromatic heterocycles. The van der Waals surface area contributed by atoms with Crippen molar-refractivity contribution < 1.29 is 14.8 Å². The summed E-state index contributed by atoms with van der Waals surface area (Å²) in [4.78, 5) is 22.2. The molecule has 2 N–H and O–H groups in total. The van der Waals surface area contributed by atoms with Crippen LogP contribution in [0.2, 0.25) is 0 Å². The zero-order valence-corrected chi connectivity index (χ0v) is 11.0. The highest BCUT2D eigenvalue weighted by Crippen LogP contribution is 2.17. The number of hydrogen-bond acceptors (Lipinski definition) is 4. The van der Waals surface area contributed by atoms with Crippen molar-refractivity contribution in [2.75, 3.05) is 6.61 Å². The molecule has 1 amide bonds. The summed E-state index contributed by atoms with van der Waals surface area (Å²) in [6.45, 7) is 3.60. The van der Waals surface area contributed by atoms with Gasteiger partial charge in [-0.15, -0.1) is 0 Å². The van der Waals surface area contributed by atoms with Gasteiger partial charge in [-0.25, -0.2) is 0 Å². The van der Waals surface area contributed by atoms with Crippen LogP contribution < -0.4 is 5.32 Å². The summed E-state index contributed by atoms with van der Waals surface area (Å²) in [5.74, 6) is -0.355. The molecule has 6 heteroatoms. The fraction of sp³-hybridized carbons (Fsp3) is 0.462. The van der Waals surface area contributed by atoms with Gasteiger partial charge in [0, 0.05) is 30.3 Å². The fourth-order valence-corrected chi connectivity index (χ4v) is 1.80. The van der Waals surface area contributed by atoms with Crippen LogP contribution in [0.3, 0.4) is 0 Å². The van der Waals surface area contributed by atoms with Crippen LogP contribution in [0.4, 0.5) is 5.69 Å². The number of aliphatic hydroxyl groups is 1. The van der Waals surface area contributed by atoms with Gasteiger partial charge in [-0.05, 0) is 31.4 Å². The Bertz CT molecular complexity index is 474. The molecule has 0 aliphatic heterocycles. The SMILES string of the molecule is CCC(CCO)NC(=O)c1cc(C)cc([N+](=O)[O-])c1. The zero-order chi connectivity index (χ0) is 14.4. The Morgan fingerprint density at radius 1 is 1.47 bits per heavy atom. The first-order valence-electron chi connectivity index (χ1n) is 6.15. The quantitative estimate of drug-likeness (QED) is 0.606. The van der Waals surface area contributed by atoms with Crippen LogP contribution in [0.5, 0.6) is 0 Å². The number of nitrogens with zero attached hydrogens (tertiary/aromatic N) is 1. The molecule has 0 saturated heterocycles. The van der Waals surface area contributed by atoms with Gasteiger partial charge in [-0.1, -0.05) is 6.92 Å². The van der Waals surface area contributed by atoms with E-state index in [9.17, 15) is 14.9 Å². The van der Waals surface area contributed by atoms with Gasteiger partial charge in [-0.2, -0.15) is 0 Å². The van der Waals surface area contributed by atoms with E-state index in [4.69, 9.17) is 5.11 Å². The molecule has 1 aromatic carbocycles. The lowest BCUT2D eigenvalue weighted by Gasteiger charge is -2.15. The number of benzene rings is 1. The van der Waals surface area contributed by atoms with Gasteiger partial charge in [0.25, 0.3) is 11.6 Å². The van der Waals surface area contributed by atoms with Gasteiger partial charge in [0.05, 0.1) is 4.92 Å². The van der Waals surface area contributed by atoms with Crippen molar-refractivity contribution in [3.05, 3.63) is 39.4 Å². The molecule has 0 aliphatic carbocycles. The van der Waals surface area contributed by atoms with Gasteiger partial charge >= 0.3 is 0 Å². The minimum absolute atomic E-state index is 0.00719. The first-order valence-corrected chi connectivity index (χ1v) is 6.15. The Morgan fingerprint density at radius 3 is 2.68 bits per heavy atom. The monoisotopic (exact) mass is 266 g/mol. The Morgan fingerprint density at radius 2 is 2.16 bits per heavy atom. The van der Waals surface area contributed by atoms with Crippen molar-refractivity contribution in [2.45, 2.75) is 32.7 Å². The maximum atomic E-state index is 12.0. The number of non-ortho nitro benzene ring substituents is 1. The molecular weight excluding hydrogens is 248 g/mol. The Hall–Kier alpha value is -1.95. The van der Waals surface area contributed by atoms with Gasteiger partial charge in [0.15, 0.2) is 0 Å². The topological polar surface area (TPSA) is 92.5 Å². The lowest BCUT2D eigenvalue weighted by Crippen LogP contribution is -2.35. The lowest BCUT2D eigenvalue weighted by molar-refractivity contribution is -0.384. The van der Waals surface area contributed by atoms with E-state index in [1.807, 2.05) is 6.92 Å². The molecule has 0 radical (unpaired) electrons. The maximum absolute atomic E-state index is 12.0. The normalized spacial score (nSPS) is 11.9. The average Bonchev–Trinajstić information content (AvgIpc) is 2.37. The van der Waals surface area contributed by atoms with Gasteiger partial charge in [0.1, 0.15) is 0 Å². The first kappa shape index (κ1) is 15.1. The van der Waals surface area contributed by atoms with E-state index in [0.717, 1.165) is 0 Å². The number of aliphatic hydroxyl groups excluding tert-OH is 1. The molecule has 19 heavy (non-hydrogen) atoms. The van der Waals surface area contributed by atoms with Crippen molar-refractivity contribution in [3.8, 4) is 0 Å². The maximum Gasteiger partial charge on any atom is 0.270 e. The second kappa shape index (κ2) is 6.84. The number of rotatable bonds is 6. The molecule has 0 bridgehead atoms. The molecule has 0 aliphatic rings. The molecule has 0 spiro atoms. The van der Waals surface area contributed by atoms with Crippen molar-refractivity contribution in [1.82, 2.24) is 5.32 Å². The molecule has 0 heterocycles. The predicted molar refractivity (Wildman–Crippen MR) is 71.1 cm³/mol. The van der Waals surface area contributed by atoms with E-state index >= 15 is 0 Å². The number of nitro benzene ring substituents is 1. The van der Waals surface area contributed by atoms with Gasteiger partial charge in [-0.3, -0.25) is 14.9 Å². The molecule has 1 rings (SSSR count). The van der Waals surface area contributed by atoms with Crippen LogP contribution >= 0.6 is 0 Å². The Balaban J connectivity index is 2.90. The summed E-state index contributed by atoms with van der Waals surface area (Å²) >= 11 is 0. The van der Waals surface area contributed by atoms with Crippen LogP contribution in [-0.4, -0.2) is 28.6 Å². The second-order valence-electron chi connectivity index (χ2n) is 4.41. The molecule has 1 atom stereocenters. The van der Waals surface area contributed by atoms with E-state index in [2.05, 4.69) is 5.32 Å². The Kier molecular flexibility index (Phi) is 5.44. The van der Waals surface area contributed by atoms with Gasteiger partial charge < -0.3 is 10.4 Å². The summed E-state index contributed by atoms with van der Waals surface area (Å²) in [7, 11) is 0. The highest BCUT2D eigenvalue weighted by atomic mass is 16.6. The summed E-state index contributed by atoms with van der Waals surface area (Å²) in [5.41, 5.74) is 0.831. The van der Waals surface area contributed by atoms with Crippen molar-refractivity contribution in [3.63, 3.8) is 0 Å². The largest absolute Gasteiger partial charge is 0.396 e. The summed E-state index contributed by atoms with van der Waals surface area (Å²) in [5, 5.41) is 22.4. The number of carbonyl (C=O) groups excluding carboxylic acids is 1. The van der Waals surface area contributed by atoms with Crippen LogP contribution in [-0.2, 0) is 0 Å².